The largest absolute Gasteiger partial charge is 0.360 e. The van der Waals surface area contributed by atoms with Crippen LogP contribution in [0.4, 0.5) is 11.5 Å². The van der Waals surface area contributed by atoms with Crippen molar-refractivity contribution in [3.63, 3.8) is 0 Å². The number of pyridine rings is 1. The molecule has 1 aromatic heterocycles. The van der Waals surface area contributed by atoms with Crippen molar-refractivity contribution in [2.24, 2.45) is 0 Å². The third-order valence-electron chi connectivity index (χ3n) is 2.38. The van der Waals surface area contributed by atoms with Crippen LogP contribution in [0.2, 0.25) is 0 Å². The van der Waals surface area contributed by atoms with Gasteiger partial charge in [0.25, 0.3) is 0 Å². The Morgan fingerprint density at radius 1 is 1.67 bits per heavy atom. The van der Waals surface area contributed by atoms with Crippen LogP contribution in [0, 0.1) is 10.1 Å². The van der Waals surface area contributed by atoms with Crippen molar-refractivity contribution in [1.29, 1.82) is 0 Å². The zero-order valence-corrected chi connectivity index (χ0v) is 8.14. The first-order valence-electron chi connectivity index (χ1n) is 4.84. The van der Waals surface area contributed by atoms with Crippen LogP contribution < -0.4 is 10.6 Å². The summed E-state index contributed by atoms with van der Waals surface area (Å²) in [5.41, 5.74) is 0.0319. The molecule has 1 fully saturated rings. The van der Waals surface area contributed by atoms with Gasteiger partial charge in [0, 0.05) is 24.8 Å². The molecule has 6 nitrogen and oxygen atoms in total. The van der Waals surface area contributed by atoms with E-state index in [9.17, 15) is 10.1 Å². The summed E-state index contributed by atoms with van der Waals surface area (Å²) in [7, 11) is 0. The van der Waals surface area contributed by atoms with Crippen molar-refractivity contribution >= 4 is 11.5 Å². The third kappa shape index (κ3) is 2.21. The Morgan fingerprint density at radius 2 is 2.53 bits per heavy atom. The first kappa shape index (κ1) is 9.85. The van der Waals surface area contributed by atoms with Gasteiger partial charge in [-0.2, -0.15) is 0 Å². The molecule has 1 unspecified atom stereocenters. The average Bonchev–Trinajstić information content (AvgIpc) is 2.71. The molecule has 0 spiro atoms. The number of rotatable bonds is 3. The van der Waals surface area contributed by atoms with E-state index in [4.69, 9.17) is 0 Å². The van der Waals surface area contributed by atoms with Gasteiger partial charge < -0.3 is 10.6 Å². The van der Waals surface area contributed by atoms with E-state index >= 15 is 0 Å². The van der Waals surface area contributed by atoms with E-state index in [2.05, 4.69) is 15.6 Å². The van der Waals surface area contributed by atoms with Crippen LogP contribution in [-0.4, -0.2) is 29.0 Å². The lowest BCUT2D eigenvalue weighted by atomic mass is 10.2. The molecule has 0 aliphatic carbocycles. The highest BCUT2D eigenvalue weighted by molar-refractivity contribution is 5.55. The Kier molecular flexibility index (Phi) is 2.77. The normalized spacial score (nSPS) is 20.1. The molecule has 2 heterocycles. The third-order valence-corrected chi connectivity index (χ3v) is 2.38. The fraction of sp³-hybridized carbons (Fsp3) is 0.444. The zero-order valence-electron chi connectivity index (χ0n) is 8.14. The van der Waals surface area contributed by atoms with Crippen LogP contribution in [-0.2, 0) is 0 Å². The van der Waals surface area contributed by atoms with Crippen LogP contribution >= 0.6 is 0 Å². The van der Waals surface area contributed by atoms with E-state index in [0.717, 1.165) is 19.5 Å². The van der Waals surface area contributed by atoms with Gasteiger partial charge in [-0.05, 0) is 19.0 Å². The van der Waals surface area contributed by atoms with Crippen LogP contribution in [0.15, 0.2) is 18.3 Å². The molecule has 0 aromatic carbocycles. The first-order valence-corrected chi connectivity index (χ1v) is 4.84. The van der Waals surface area contributed by atoms with Gasteiger partial charge in [-0.1, -0.05) is 0 Å². The van der Waals surface area contributed by atoms with Gasteiger partial charge in [0.15, 0.2) is 0 Å². The molecule has 0 amide bonds. The summed E-state index contributed by atoms with van der Waals surface area (Å²) < 4.78 is 0. The summed E-state index contributed by atoms with van der Waals surface area (Å²) in [5, 5.41) is 17.0. The van der Waals surface area contributed by atoms with E-state index in [1.807, 2.05) is 0 Å². The molecule has 6 heteroatoms. The number of aromatic nitrogens is 1. The molecule has 80 valence electrons. The van der Waals surface area contributed by atoms with Crippen LogP contribution in [0.5, 0.6) is 0 Å². The second-order valence-electron chi connectivity index (χ2n) is 3.46. The van der Waals surface area contributed by atoms with Crippen molar-refractivity contribution in [1.82, 2.24) is 10.3 Å². The van der Waals surface area contributed by atoms with Gasteiger partial charge in [0.05, 0.1) is 4.92 Å². The molecule has 1 aromatic rings. The topological polar surface area (TPSA) is 80.1 Å². The Balaban J connectivity index is 2.15. The molecule has 1 saturated heterocycles. The minimum absolute atomic E-state index is 0.0319. The highest BCUT2D eigenvalue weighted by Crippen LogP contribution is 2.21. The lowest BCUT2D eigenvalue weighted by Crippen LogP contribution is -2.23. The molecule has 1 aliphatic heterocycles. The number of nitrogens with zero attached hydrogens (tertiary/aromatic N) is 2. The average molecular weight is 208 g/mol. The smallest absolute Gasteiger partial charge is 0.311 e. The van der Waals surface area contributed by atoms with Crippen molar-refractivity contribution < 1.29 is 4.92 Å². The monoisotopic (exact) mass is 208 g/mol. The molecular formula is C9H12N4O2. The number of nitro groups is 1. The summed E-state index contributed by atoms with van der Waals surface area (Å²) in [5.74, 6) is 0.358. The van der Waals surface area contributed by atoms with Crippen molar-refractivity contribution in [3.05, 3.63) is 28.4 Å². The molecule has 15 heavy (non-hydrogen) atoms. The van der Waals surface area contributed by atoms with Crippen molar-refractivity contribution in [2.75, 3.05) is 18.4 Å². The van der Waals surface area contributed by atoms with Crippen LogP contribution in [0.3, 0.4) is 0 Å². The van der Waals surface area contributed by atoms with E-state index in [1.165, 1.54) is 6.07 Å². The molecule has 0 bridgehead atoms. The van der Waals surface area contributed by atoms with Crippen molar-refractivity contribution in [2.45, 2.75) is 12.5 Å². The number of hydrogen-bond acceptors (Lipinski definition) is 5. The number of nitrogens with one attached hydrogen (secondary N) is 2. The summed E-state index contributed by atoms with van der Waals surface area (Å²) in [6.07, 6.45) is 2.52. The SMILES string of the molecule is O=[N+]([O-])c1cccnc1NC1CCNC1. The predicted octanol–water partition coefficient (Wildman–Crippen LogP) is 0.764. The Hall–Kier alpha value is -1.69. The maximum absolute atomic E-state index is 10.7. The first-order chi connectivity index (χ1) is 7.27. The Bertz CT molecular complexity index is 363. The van der Waals surface area contributed by atoms with Gasteiger partial charge in [-0.15, -0.1) is 0 Å². The molecule has 1 aliphatic rings. The maximum Gasteiger partial charge on any atom is 0.311 e. The van der Waals surface area contributed by atoms with E-state index < -0.39 is 4.92 Å². The van der Waals surface area contributed by atoms with Gasteiger partial charge in [0.1, 0.15) is 0 Å². The fourth-order valence-corrected chi connectivity index (χ4v) is 1.63. The van der Waals surface area contributed by atoms with Gasteiger partial charge >= 0.3 is 5.69 Å². The lowest BCUT2D eigenvalue weighted by Gasteiger charge is -2.11. The summed E-state index contributed by atoms with van der Waals surface area (Å²) in [4.78, 5) is 14.3. The molecule has 2 N–H and O–H groups in total. The van der Waals surface area contributed by atoms with E-state index in [-0.39, 0.29) is 11.7 Å². The highest BCUT2D eigenvalue weighted by atomic mass is 16.6. The summed E-state index contributed by atoms with van der Waals surface area (Å²) in [6, 6.07) is 3.26. The van der Waals surface area contributed by atoms with Crippen LogP contribution in [0.25, 0.3) is 0 Å². The quantitative estimate of drug-likeness (QED) is 0.566. The fourth-order valence-electron chi connectivity index (χ4n) is 1.63. The minimum atomic E-state index is -0.419. The summed E-state index contributed by atoms with van der Waals surface area (Å²) >= 11 is 0. The number of anilines is 1. The Labute approximate surface area is 86.9 Å². The standard InChI is InChI=1S/C9H12N4O2/c14-13(15)8-2-1-4-11-9(8)12-7-3-5-10-6-7/h1-2,4,7,10H,3,5-6H2,(H,11,12). The second-order valence-corrected chi connectivity index (χ2v) is 3.46. The van der Waals surface area contributed by atoms with E-state index in [0.29, 0.717) is 5.82 Å². The second kappa shape index (κ2) is 4.22. The highest BCUT2D eigenvalue weighted by Gasteiger charge is 2.20. The Morgan fingerprint density at radius 3 is 3.20 bits per heavy atom. The molecule has 0 saturated carbocycles. The molecular weight excluding hydrogens is 196 g/mol. The predicted molar refractivity (Wildman–Crippen MR) is 55.8 cm³/mol. The zero-order chi connectivity index (χ0) is 10.7. The lowest BCUT2D eigenvalue weighted by molar-refractivity contribution is -0.384. The van der Waals surface area contributed by atoms with E-state index in [1.54, 1.807) is 12.3 Å². The summed E-state index contributed by atoms with van der Waals surface area (Å²) in [6.45, 7) is 1.77. The molecule has 1 atom stereocenters. The van der Waals surface area contributed by atoms with Crippen molar-refractivity contribution in [3.8, 4) is 0 Å². The maximum atomic E-state index is 10.7. The van der Waals surface area contributed by atoms with Gasteiger partial charge in [-0.3, -0.25) is 10.1 Å². The van der Waals surface area contributed by atoms with Crippen LogP contribution in [0.1, 0.15) is 6.42 Å². The molecule has 2 rings (SSSR count). The van der Waals surface area contributed by atoms with Gasteiger partial charge in [-0.25, -0.2) is 4.98 Å². The molecule has 0 radical (unpaired) electrons. The minimum Gasteiger partial charge on any atom is -0.360 e. The number of hydrogen-bond donors (Lipinski definition) is 2. The van der Waals surface area contributed by atoms with Gasteiger partial charge in [0.2, 0.25) is 5.82 Å².